The van der Waals surface area contributed by atoms with Crippen LogP contribution in [-0.2, 0) is 4.79 Å². The average molecular weight is 271 g/mol. The molecule has 2 unspecified atom stereocenters. The Hall–Kier alpha value is -2.17. The largest absolute Gasteiger partial charge is 0.481 e. The first kappa shape index (κ1) is 12.8. The van der Waals surface area contributed by atoms with Gasteiger partial charge < -0.3 is 5.11 Å². The van der Waals surface area contributed by atoms with E-state index in [2.05, 4.69) is 10.2 Å². The lowest BCUT2D eigenvalue weighted by atomic mass is 9.95. The van der Waals surface area contributed by atoms with Crippen LogP contribution in [0.2, 0.25) is 0 Å². The number of carboxylic acids is 1. The summed E-state index contributed by atoms with van der Waals surface area (Å²) in [6, 6.07) is 9.86. The number of hydrogen-bond acceptors (Lipinski definition) is 3. The van der Waals surface area contributed by atoms with Crippen molar-refractivity contribution in [3.05, 3.63) is 42.0 Å². The van der Waals surface area contributed by atoms with E-state index in [9.17, 15) is 9.90 Å². The van der Waals surface area contributed by atoms with Crippen molar-refractivity contribution in [1.82, 2.24) is 14.8 Å². The molecule has 2 atom stereocenters. The molecule has 20 heavy (non-hydrogen) atoms. The van der Waals surface area contributed by atoms with Crippen LogP contribution in [0.3, 0.4) is 0 Å². The number of carboxylic acid groups (broad SMARTS) is 1. The van der Waals surface area contributed by atoms with E-state index in [4.69, 9.17) is 0 Å². The molecule has 0 amide bonds. The molecule has 1 saturated carbocycles. The van der Waals surface area contributed by atoms with Crippen LogP contribution >= 0.6 is 0 Å². The van der Waals surface area contributed by atoms with Crippen molar-refractivity contribution in [2.75, 3.05) is 0 Å². The normalized spacial score (nSPS) is 22.1. The number of rotatable bonds is 3. The second kappa shape index (κ2) is 5.07. The van der Waals surface area contributed by atoms with E-state index >= 15 is 0 Å². The van der Waals surface area contributed by atoms with Crippen molar-refractivity contribution in [2.24, 2.45) is 5.92 Å². The van der Waals surface area contributed by atoms with Crippen molar-refractivity contribution >= 4 is 5.97 Å². The van der Waals surface area contributed by atoms with Gasteiger partial charge in [0, 0.05) is 11.6 Å². The quantitative estimate of drug-likeness (QED) is 0.931. The summed E-state index contributed by atoms with van der Waals surface area (Å²) in [5.41, 5.74) is 0.987. The Bertz CT molecular complexity index is 621. The minimum Gasteiger partial charge on any atom is -0.481 e. The Morgan fingerprint density at radius 1 is 1.25 bits per heavy atom. The topological polar surface area (TPSA) is 68.0 Å². The standard InChI is InChI=1S/C15H17N3O2/c1-10-16-17-14(12-8-5-9-13(12)15(19)20)18(10)11-6-3-2-4-7-11/h2-4,6-7,12-13H,5,8-9H2,1H3,(H,19,20). The van der Waals surface area contributed by atoms with Gasteiger partial charge in [0.25, 0.3) is 0 Å². The number of carbonyl (C=O) groups is 1. The number of nitrogens with zero attached hydrogens (tertiary/aromatic N) is 3. The van der Waals surface area contributed by atoms with E-state index in [0.29, 0.717) is 0 Å². The molecule has 3 rings (SSSR count). The van der Waals surface area contributed by atoms with Crippen LogP contribution in [0.4, 0.5) is 0 Å². The molecular weight excluding hydrogens is 254 g/mol. The predicted octanol–water partition coefficient (Wildman–Crippen LogP) is 2.54. The summed E-state index contributed by atoms with van der Waals surface area (Å²) in [6.07, 6.45) is 2.52. The molecule has 1 aromatic heterocycles. The van der Waals surface area contributed by atoms with Crippen LogP contribution < -0.4 is 0 Å². The van der Waals surface area contributed by atoms with Crippen LogP contribution in [0.25, 0.3) is 5.69 Å². The zero-order chi connectivity index (χ0) is 14.1. The fourth-order valence-electron chi connectivity index (χ4n) is 3.08. The molecule has 5 heteroatoms. The third kappa shape index (κ3) is 2.09. The minimum absolute atomic E-state index is 0.0473. The van der Waals surface area contributed by atoms with Crippen molar-refractivity contribution in [3.8, 4) is 5.69 Å². The molecule has 1 heterocycles. The molecule has 1 N–H and O–H groups in total. The van der Waals surface area contributed by atoms with E-state index < -0.39 is 5.97 Å². The molecule has 1 aromatic carbocycles. The maximum absolute atomic E-state index is 11.4. The van der Waals surface area contributed by atoms with Crippen molar-refractivity contribution in [3.63, 3.8) is 0 Å². The summed E-state index contributed by atoms with van der Waals surface area (Å²) >= 11 is 0. The monoisotopic (exact) mass is 271 g/mol. The zero-order valence-electron chi connectivity index (χ0n) is 11.4. The summed E-state index contributed by atoms with van der Waals surface area (Å²) in [6.45, 7) is 1.90. The van der Waals surface area contributed by atoms with Crippen molar-refractivity contribution in [2.45, 2.75) is 32.1 Å². The Balaban J connectivity index is 2.05. The van der Waals surface area contributed by atoms with Crippen LogP contribution in [0.5, 0.6) is 0 Å². The van der Waals surface area contributed by atoms with Gasteiger partial charge in [-0.15, -0.1) is 10.2 Å². The lowest BCUT2D eigenvalue weighted by Gasteiger charge is -2.17. The maximum atomic E-state index is 11.4. The van der Waals surface area contributed by atoms with Gasteiger partial charge in [-0.05, 0) is 31.9 Å². The summed E-state index contributed by atoms with van der Waals surface area (Å²) < 4.78 is 1.98. The number of aliphatic carboxylic acids is 1. The second-order valence-corrected chi connectivity index (χ2v) is 5.26. The summed E-state index contributed by atoms with van der Waals surface area (Å²) in [7, 11) is 0. The molecule has 1 aliphatic rings. The summed E-state index contributed by atoms with van der Waals surface area (Å²) in [5, 5.41) is 17.8. The average Bonchev–Trinajstić information content (AvgIpc) is 3.05. The lowest BCUT2D eigenvalue weighted by Crippen LogP contribution is -2.20. The molecule has 0 aliphatic heterocycles. The fraction of sp³-hybridized carbons (Fsp3) is 0.400. The molecule has 2 aromatic rings. The van der Waals surface area contributed by atoms with Gasteiger partial charge in [-0.1, -0.05) is 24.6 Å². The van der Waals surface area contributed by atoms with Crippen LogP contribution in [0, 0.1) is 12.8 Å². The Morgan fingerprint density at radius 2 is 2.00 bits per heavy atom. The van der Waals surface area contributed by atoms with Crippen LogP contribution in [0.15, 0.2) is 30.3 Å². The number of benzene rings is 1. The third-order valence-corrected chi connectivity index (χ3v) is 4.03. The minimum atomic E-state index is -0.729. The van der Waals surface area contributed by atoms with Gasteiger partial charge in [0.05, 0.1) is 5.92 Å². The Labute approximate surface area is 117 Å². The lowest BCUT2D eigenvalue weighted by molar-refractivity contribution is -0.142. The SMILES string of the molecule is Cc1nnc(C2CCCC2C(=O)O)n1-c1ccccc1. The Kier molecular flexibility index (Phi) is 3.26. The summed E-state index contributed by atoms with van der Waals surface area (Å²) in [4.78, 5) is 11.4. The third-order valence-electron chi connectivity index (χ3n) is 4.03. The van der Waals surface area contributed by atoms with Gasteiger partial charge in [0.1, 0.15) is 11.6 Å². The number of aromatic nitrogens is 3. The smallest absolute Gasteiger partial charge is 0.307 e. The van der Waals surface area contributed by atoms with Gasteiger partial charge in [0.15, 0.2) is 0 Å². The molecule has 1 aliphatic carbocycles. The molecule has 0 spiro atoms. The van der Waals surface area contributed by atoms with E-state index in [1.54, 1.807) is 0 Å². The first-order valence-electron chi connectivity index (χ1n) is 6.88. The predicted molar refractivity (Wildman–Crippen MR) is 73.8 cm³/mol. The number of para-hydroxylation sites is 1. The van der Waals surface area contributed by atoms with E-state index in [0.717, 1.165) is 36.6 Å². The highest BCUT2D eigenvalue weighted by atomic mass is 16.4. The zero-order valence-corrected chi connectivity index (χ0v) is 11.4. The van der Waals surface area contributed by atoms with Crippen molar-refractivity contribution in [1.29, 1.82) is 0 Å². The van der Waals surface area contributed by atoms with Crippen LogP contribution in [-0.4, -0.2) is 25.8 Å². The second-order valence-electron chi connectivity index (χ2n) is 5.26. The summed E-state index contributed by atoms with van der Waals surface area (Å²) in [5.74, 6) is 0.448. The first-order chi connectivity index (χ1) is 9.68. The number of hydrogen-bond donors (Lipinski definition) is 1. The molecule has 0 saturated heterocycles. The fourth-order valence-corrected chi connectivity index (χ4v) is 3.08. The van der Waals surface area contributed by atoms with E-state index in [1.165, 1.54) is 0 Å². The highest BCUT2D eigenvalue weighted by molar-refractivity contribution is 5.71. The number of aryl methyl sites for hydroxylation is 1. The molecule has 104 valence electrons. The van der Waals surface area contributed by atoms with Gasteiger partial charge in [-0.2, -0.15) is 0 Å². The van der Waals surface area contributed by atoms with Gasteiger partial charge in [-0.3, -0.25) is 9.36 Å². The molecular formula is C15H17N3O2. The van der Waals surface area contributed by atoms with Crippen molar-refractivity contribution < 1.29 is 9.90 Å². The Morgan fingerprint density at radius 3 is 2.70 bits per heavy atom. The van der Waals surface area contributed by atoms with E-state index in [-0.39, 0.29) is 11.8 Å². The highest BCUT2D eigenvalue weighted by Crippen LogP contribution is 2.39. The molecule has 0 bridgehead atoms. The maximum Gasteiger partial charge on any atom is 0.307 e. The molecule has 1 fully saturated rings. The van der Waals surface area contributed by atoms with Gasteiger partial charge >= 0.3 is 5.97 Å². The first-order valence-corrected chi connectivity index (χ1v) is 6.88. The molecule has 0 radical (unpaired) electrons. The molecule has 5 nitrogen and oxygen atoms in total. The van der Waals surface area contributed by atoms with Gasteiger partial charge in [0.2, 0.25) is 0 Å². The van der Waals surface area contributed by atoms with Crippen LogP contribution in [0.1, 0.15) is 36.8 Å². The highest BCUT2D eigenvalue weighted by Gasteiger charge is 2.37. The van der Waals surface area contributed by atoms with E-state index in [1.807, 2.05) is 41.8 Å². The van der Waals surface area contributed by atoms with Gasteiger partial charge in [-0.25, -0.2) is 0 Å².